The summed E-state index contributed by atoms with van der Waals surface area (Å²) in [6.45, 7) is 3.43. The van der Waals surface area contributed by atoms with Crippen LogP contribution < -0.4 is 0 Å². The normalized spacial score (nSPS) is 26.8. The first-order chi connectivity index (χ1) is 11.7. The van der Waals surface area contributed by atoms with Gasteiger partial charge in [-0.05, 0) is 30.5 Å². The summed E-state index contributed by atoms with van der Waals surface area (Å²) in [7, 11) is 0. The zero-order chi connectivity index (χ0) is 16.5. The van der Waals surface area contributed by atoms with Crippen LogP contribution in [-0.2, 0) is 16.1 Å². The number of carbonyl (C=O) groups is 2. The summed E-state index contributed by atoms with van der Waals surface area (Å²) in [5, 5.41) is 0. The molecule has 24 heavy (non-hydrogen) atoms. The molecular weight excluding hydrogens is 308 g/mol. The van der Waals surface area contributed by atoms with Gasteiger partial charge in [0.15, 0.2) is 0 Å². The lowest BCUT2D eigenvalue weighted by molar-refractivity contribution is -0.153. The van der Waals surface area contributed by atoms with Gasteiger partial charge in [0, 0.05) is 38.6 Å². The van der Waals surface area contributed by atoms with Crippen LogP contribution in [0.4, 0.5) is 4.79 Å². The van der Waals surface area contributed by atoms with Gasteiger partial charge >= 0.3 is 6.03 Å². The molecule has 0 aliphatic carbocycles. The lowest BCUT2D eigenvalue weighted by atomic mass is 10.1. The maximum absolute atomic E-state index is 12.6. The van der Waals surface area contributed by atoms with Crippen molar-refractivity contribution in [1.29, 1.82) is 0 Å². The van der Waals surface area contributed by atoms with E-state index in [1.54, 1.807) is 12.4 Å². The number of ether oxygens (including phenoxy) is 1. The Morgan fingerprint density at radius 2 is 1.92 bits per heavy atom. The van der Waals surface area contributed by atoms with E-state index in [9.17, 15) is 9.59 Å². The van der Waals surface area contributed by atoms with Gasteiger partial charge in [0.25, 0.3) is 0 Å². The van der Waals surface area contributed by atoms with Crippen LogP contribution >= 0.6 is 0 Å². The Morgan fingerprint density at radius 1 is 1.17 bits per heavy atom. The second-order valence-corrected chi connectivity index (χ2v) is 6.68. The van der Waals surface area contributed by atoms with Gasteiger partial charge in [-0.25, -0.2) is 4.79 Å². The Bertz CT molecular complexity index is 618. The first-order valence-corrected chi connectivity index (χ1v) is 8.56. The summed E-state index contributed by atoms with van der Waals surface area (Å²) in [4.78, 5) is 34.6. The molecular formula is C17H22N4O3. The van der Waals surface area contributed by atoms with Gasteiger partial charge in [0.1, 0.15) is 6.61 Å². The van der Waals surface area contributed by atoms with E-state index in [0.29, 0.717) is 19.6 Å². The van der Waals surface area contributed by atoms with E-state index in [-0.39, 0.29) is 30.7 Å². The SMILES string of the molecule is O=C(N1CCCC1)N1C[C@@H]2[C@@H](C1)OCC(=O)N2Cc1ccncc1. The zero-order valence-corrected chi connectivity index (χ0v) is 13.6. The van der Waals surface area contributed by atoms with E-state index in [0.717, 1.165) is 31.5 Å². The second-order valence-electron chi connectivity index (χ2n) is 6.68. The Labute approximate surface area is 141 Å². The first kappa shape index (κ1) is 15.4. The predicted molar refractivity (Wildman–Crippen MR) is 86.1 cm³/mol. The highest BCUT2D eigenvalue weighted by Gasteiger charge is 2.45. The van der Waals surface area contributed by atoms with Gasteiger partial charge in [0.05, 0.1) is 18.7 Å². The molecule has 4 heterocycles. The highest BCUT2D eigenvalue weighted by molar-refractivity contribution is 5.80. The molecule has 0 aromatic carbocycles. The van der Waals surface area contributed by atoms with Crippen molar-refractivity contribution < 1.29 is 14.3 Å². The highest BCUT2D eigenvalue weighted by Crippen LogP contribution is 2.26. The number of likely N-dealkylation sites (tertiary alicyclic amines) is 2. The van der Waals surface area contributed by atoms with Crippen LogP contribution in [0.5, 0.6) is 0 Å². The van der Waals surface area contributed by atoms with E-state index in [4.69, 9.17) is 4.74 Å². The minimum Gasteiger partial charge on any atom is -0.364 e. The van der Waals surface area contributed by atoms with Crippen LogP contribution in [0.2, 0.25) is 0 Å². The maximum Gasteiger partial charge on any atom is 0.320 e. The van der Waals surface area contributed by atoms with Crippen molar-refractivity contribution in [2.24, 2.45) is 0 Å². The Kier molecular flexibility index (Phi) is 4.10. The van der Waals surface area contributed by atoms with Gasteiger partial charge in [-0.3, -0.25) is 9.78 Å². The molecule has 0 unspecified atom stereocenters. The van der Waals surface area contributed by atoms with Crippen LogP contribution in [0.15, 0.2) is 24.5 Å². The molecule has 4 rings (SSSR count). The molecule has 0 radical (unpaired) electrons. The monoisotopic (exact) mass is 330 g/mol. The van der Waals surface area contributed by atoms with E-state index in [2.05, 4.69) is 4.98 Å². The molecule has 3 fully saturated rings. The van der Waals surface area contributed by atoms with Crippen molar-refractivity contribution in [2.75, 3.05) is 32.8 Å². The molecule has 3 aliphatic heterocycles. The lowest BCUT2D eigenvalue weighted by Crippen LogP contribution is -2.53. The third-order valence-corrected chi connectivity index (χ3v) is 5.13. The molecule has 1 aromatic heterocycles. The maximum atomic E-state index is 12.6. The van der Waals surface area contributed by atoms with Crippen LogP contribution in [0.1, 0.15) is 18.4 Å². The molecule has 3 saturated heterocycles. The van der Waals surface area contributed by atoms with Crippen molar-refractivity contribution in [1.82, 2.24) is 19.7 Å². The fourth-order valence-electron chi connectivity index (χ4n) is 3.82. The van der Waals surface area contributed by atoms with Crippen LogP contribution in [0, 0.1) is 0 Å². The van der Waals surface area contributed by atoms with Crippen LogP contribution in [0.3, 0.4) is 0 Å². The molecule has 0 saturated carbocycles. The number of aromatic nitrogens is 1. The highest BCUT2D eigenvalue weighted by atomic mass is 16.5. The van der Waals surface area contributed by atoms with Crippen molar-refractivity contribution in [2.45, 2.75) is 31.5 Å². The first-order valence-electron chi connectivity index (χ1n) is 8.56. The number of urea groups is 1. The minimum atomic E-state index is -0.0870. The molecule has 128 valence electrons. The standard InChI is InChI=1S/C17H22N4O3/c22-16-12-24-15-11-20(17(23)19-7-1-2-8-19)10-14(15)21(16)9-13-3-5-18-6-4-13/h3-6,14-15H,1-2,7-12H2/t14-,15-/m1/s1. The molecule has 3 aliphatic rings. The number of amides is 3. The summed E-state index contributed by atoms with van der Waals surface area (Å²) in [5.74, 6) is -0.0106. The van der Waals surface area contributed by atoms with Crippen molar-refractivity contribution in [3.8, 4) is 0 Å². The fourth-order valence-corrected chi connectivity index (χ4v) is 3.82. The Balaban J connectivity index is 1.47. The Morgan fingerprint density at radius 3 is 2.67 bits per heavy atom. The zero-order valence-electron chi connectivity index (χ0n) is 13.6. The molecule has 7 heteroatoms. The number of hydrogen-bond donors (Lipinski definition) is 0. The molecule has 0 spiro atoms. The largest absolute Gasteiger partial charge is 0.364 e. The number of pyridine rings is 1. The molecule has 2 atom stereocenters. The number of rotatable bonds is 2. The number of carbonyl (C=O) groups excluding carboxylic acids is 2. The van der Waals surface area contributed by atoms with Gasteiger partial charge < -0.3 is 19.4 Å². The summed E-state index contributed by atoms with van der Waals surface area (Å²) >= 11 is 0. The summed E-state index contributed by atoms with van der Waals surface area (Å²) in [6, 6.07) is 3.85. The topological polar surface area (TPSA) is 66.0 Å². The number of hydrogen-bond acceptors (Lipinski definition) is 4. The number of morpholine rings is 1. The number of fused-ring (bicyclic) bond motifs is 1. The lowest BCUT2D eigenvalue weighted by Gasteiger charge is -2.36. The average molecular weight is 330 g/mol. The van der Waals surface area contributed by atoms with E-state index in [1.807, 2.05) is 26.8 Å². The third kappa shape index (κ3) is 2.84. The quantitative estimate of drug-likeness (QED) is 0.801. The van der Waals surface area contributed by atoms with Crippen molar-refractivity contribution in [3.63, 3.8) is 0 Å². The smallest absolute Gasteiger partial charge is 0.320 e. The fraction of sp³-hybridized carbons (Fsp3) is 0.588. The van der Waals surface area contributed by atoms with Crippen molar-refractivity contribution in [3.05, 3.63) is 30.1 Å². The summed E-state index contributed by atoms with van der Waals surface area (Å²) in [5.41, 5.74) is 1.04. The van der Waals surface area contributed by atoms with Crippen molar-refractivity contribution >= 4 is 11.9 Å². The summed E-state index contributed by atoms with van der Waals surface area (Å²) in [6.07, 6.45) is 5.53. The third-order valence-electron chi connectivity index (χ3n) is 5.13. The molecule has 0 bridgehead atoms. The molecule has 0 N–H and O–H groups in total. The molecule has 3 amide bonds. The molecule has 1 aromatic rings. The minimum absolute atomic E-state index is 0.0106. The van der Waals surface area contributed by atoms with Gasteiger partial charge in [-0.2, -0.15) is 0 Å². The van der Waals surface area contributed by atoms with E-state index < -0.39 is 0 Å². The Hall–Kier alpha value is -2.15. The van der Waals surface area contributed by atoms with E-state index >= 15 is 0 Å². The van der Waals surface area contributed by atoms with Gasteiger partial charge in [-0.15, -0.1) is 0 Å². The van der Waals surface area contributed by atoms with Gasteiger partial charge in [0.2, 0.25) is 5.91 Å². The molecule has 7 nitrogen and oxygen atoms in total. The van der Waals surface area contributed by atoms with Crippen LogP contribution in [-0.4, -0.2) is 76.6 Å². The average Bonchev–Trinajstić information content (AvgIpc) is 3.27. The van der Waals surface area contributed by atoms with E-state index in [1.165, 1.54) is 0 Å². The summed E-state index contributed by atoms with van der Waals surface area (Å²) < 4.78 is 5.71. The predicted octanol–water partition coefficient (Wildman–Crippen LogP) is 0.709. The van der Waals surface area contributed by atoms with Crippen LogP contribution in [0.25, 0.3) is 0 Å². The number of nitrogens with zero attached hydrogens (tertiary/aromatic N) is 4. The van der Waals surface area contributed by atoms with Gasteiger partial charge in [-0.1, -0.05) is 0 Å². The second kappa shape index (κ2) is 6.39.